The van der Waals surface area contributed by atoms with Gasteiger partial charge in [-0.15, -0.1) is 6.42 Å². The Kier molecular flexibility index (Phi) is 3.93. The maximum absolute atomic E-state index is 11.2. The monoisotopic (exact) mass is 261 g/mol. The molecule has 0 atom stereocenters. The van der Waals surface area contributed by atoms with Crippen LogP contribution < -0.4 is 5.32 Å². The number of halogens is 1. The van der Waals surface area contributed by atoms with Crippen molar-refractivity contribution in [3.8, 4) is 12.3 Å². The first-order chi connectivity index (χ1) is 7.43. The third kappa shape index (κ3) is 3.56. The summed E-state index contributed by atoms with van der Waals surface area (Å²) in [4.78, 5) is 11.0. The second kappa shape index (κ2) is 5.01. The molecule has 0 aromatic carbocycles. The predicted octanol–water partition coefficient (Wildman–Crippen LogP) is -0.440. The Morgan fingerprint density at radius 3 is 2.88 bits per heavy atom. The summed E-state index contributed by atoms with van der Waals surface area (Å²) in [5, 5.41) is 6.08. The van der Waals surface area contributed by atoms with Gasteiger partial charge in [0.1, 0.15) is 11.4 Å². The van der Waals surface area contributed by atoms with E-state index in [1.165, 1.54) is 0 Å². The second-order valence-electron chi connectivity index (χ2n) is 2.79. The van der Waals surface area contributed by atoms with Crippen LogP contribution in [0.15, 0.2) is 17.3 Å². The Hall–Kier alpha value is -1.52. The molecule has 0 aliphatic heterocycles. The van der Waals surface area contributed by atoms with Crippen LogP contribution in [0.1, 0.15) is 0 Å². The van der Waals surface area contributed by atoms with E-state index in [9.17, 15) is 13.2 Å². The molecule has 0 aliphatic rings. The molecule has 6 nitrogen and oxygen atoms in total. The Labute approximate surface area is 97.0 Å². The van der Waals surface area contributed by atoms with E-state index in [1.54, 1.807) is 0 Å². The van der Waals surface area contributed by atoms with Crippen LogP contribution in [0.3, 0.4) is 0 Å². The summed E-state index contributed by atoms with van der Waals surface area (Å²) in [6, 6.07) is 0. The van der Waals surface area contributed by atoms with Crippen molar-refractivity contribution in [2.75, 3.05) is 6.54 Å². The van der Waals surface area contributed by atoms with Gasteiger partial charge in [0.25, 0.3) is 9.05 Å². The molecule has 86 valence electrons. The summed E-state index contributed by atoms with van der Waals surface area (Å²) in [6.45, 7) is -0.00511. The van der Waals surface area contributed by atoms with Crippen molar-refractivity contribution in [3.05, 3.63) is 12.4 Å². The van der Waals surface area contributed by atoms with Crippen LogP contribution in [-0.2, 0) is 20.4 Å². The van der Waals surface area contributed by atoms with Crippen LogP contribution in [0.25, 0.3) is 0 Å². The van der Waals surface area contributed by atoms with Crippen LogP contribution in [0, 0.1) is 12.3 Å². The van der Waals surface area contributed by atoms with Gasteiger partial charge in [-0.2, -0.15) is 5.10 Å². The third-order valence-corrected chi connectivity index (χ3v) is 2.89. The molecule has 8 heteroatoms. The number of hydrogen-bond donors (Lipinski definition) is 1. The fraction of sp³-hybridized carbons (Fsp3) is 0.250. The number of hydrogen-bond acceptors (Lipinski definition) is 4. The zero-order chi connectivity index (χ0) is 12.2. The molecule has 0 saturated heterocycles. The Balaban J connectivity index is 2.67. The molecule has 0 unspecified atom stereocenters. The highest BCUT2D eigenvalue weighted by Crippen LogP contribution is 2.12. The van der Waals surface area contributed by atoms with E-state index in [2.05, 4.69) is 16.3 Å². The average Bonchev–Trinajstić information content (AvgIpc) is 2.62. The summed E-state index contributed by atoms with van der Waals surface area (Å²) in [7, 11) is 1.27. The van der Waals surface area contributed by atoms with E-state index < -0.39 is 9.05 Å². The maximum Gasteiger partial charge on any atom is 0.264 e. The first-order valence-electron chi connectivity index (χ1n) is 4.11. The fourth-order valence-electron chi connectivity index (χ4n) is 0.910. The molecule has 0 bridgehead atoms. The lowest BCUT2D eigenvalue weighted by Crippen LogP contribution is -2.27. The van der Waals surface area contributed by atoms with Crippen LogP contribution in [0.2, 0.25) is 0 Å². The van der Waals surface area contributed by atoms with Crippen molar-refractivity contribution >= 4 is 25.6 Å². The molecule has 1 rings (SSSR count). The maximum atomic E-state index is 11.2. The number of amides is 1. The lowest BCUT2D eigenvalue weighted by molar-refractivity contribution is -0.121. The van der Waals surface area contributed by atoms with Crippen LogP contribution >= 0.6 is 10.7 Å². The Morgan fingerprint density at radius 2 is 2.38 bits per heavy atom. The lowest BCUT2D eigenvalue weighted by Gasteiger charge is -2.00. The minimum absolute atomic E-state index is 0.112. The fourth-order valence-corrected chi connectivity index (χ4v) is 1.57. The minimum atomic E-state index is -3.81. The third-order valence-electron chi connectivity index (χ3n) is 1.58. The smallest absolute Gasteiger partial charge is 0.264 e. The van der Waals surface area contributed by atoms with Crippen LogP contribution in [-0.4, -0.2) is 30.7 Å². The first-order valence-corrected chi connectivity index (χ1v) is 6.41. The molecule has 1 aromatic heterocycles. The molecular formula is C8H8ClN3O3S. The van der Waals surface area contributed by atoms with E-state index in [1.807, 2.05) is 0 Å². The molecule has 1 heterocycles. The van der Waals surface area contributed by atoms with Gasteiger partial charge in [-0.3, -0.25) is 9.48 Å². The first kappa shape index (κ1) is 12.5. The largest absolute Gasteiger partial charge is 0.344 e. The van der Waals surface area contributed by atoms with Gasteiger partial charge in [0.05, 0.1) is 12.7 Å². The molecule has 0 saturated carbocycles. The number of nitrogens with zero attached hydrogens (tertiary/aromatic N) is 2. The summed E-state index contributed by atoms with van der Waals surface area (Å²) in [5.74, 6) is 1.87. The van der Waals surface area contributed by atoms with Crippen LogP contribution in [0.4, 0.5) is 0 Å². The summed E-state index contributed by atoms with van der Waals surface area (Å²) in [6.07, 6.45) is 7.18. The highest BCUT2D eigenvalue weighted by atomic mass is 35.7. The Morgan fingerprint density at radius 1 is 1.69 bits per heavy atom. The van der Waals surface area contributed by atoms with E-state index >= 15 is 0 Å². The molecule has 0 aliphatic carbocycles. The van der Waals surface area contributed by atoms with Gasteiger partial charge in [0.15, 0.2) is 0 Å². The highest BCUT2D eigenvalue weighted by molar-refractivity contribution is 8.13. The van der Waals surface area contributed by atoms with Gasteiger partial charge in [0.2, 0.25) is 5.91 Å². The van der Waals surface area contributed by atoms with E-state index in [0.717, 1.165) is 17.1 Å². The van der Waals surface area contributed by atoms with Crippen molar-refractivity contribution in [2.24, 2.45) is 0 Å². The van der Waals surface area contributed by atoms with Crippen molar-refractivity contribution in [3.63, 3.8) is 0 Å². The van der Waals surface area contributed by atoms with E-state index in [0.29, 0.717) is 0 Å². The summed E-state index contributed by atoms with van der Waals surface area (Å²) < 4.78 is 22.9. The topological polar surface area (TPSA) is 81.1 Å². The van der Waals surface area contributed by atoms with E-state index in [-0.39, 0.29) is 23.9 Å². The predicted molar refractivity (Wildman–Crippen MR) is 57.1 cm³/mol. The number of rotatable bonds is 4. The zero-order valence-electron chi connectivity index (χ0n) is 8.05. The standard InChI is InChI=1S/C8H8ClN3O3S/c1-2-3-10-8(13)6-12-5-7(4-11-12)16(9,14)15/h1,4-5H,3,6H2,(H,10,13). The zero-order valence-corrected chi connectivity index (χ0v) is 9.62. The minimum Gasteiger partial charge on any atom is -0.344 e. The van der Waals surface area contributed by atoms with Crippen molar-refractivity contribution < 1.29 is 13.2 Å². The number of terminal acetylenes is 1. The normalized spacial score (nSPS) is 10.8. The Bertz CT molecular complexity index is 529. The molecule has 1 N–H and O–H groups in total. The number of aromatic nitrogens is 2. The molecular weight excluding hydrogens is 254 g/mol. The van der Waals surface area contributed by atoms with Gasteiger partial charge in [0, 0.05) is 16.9 Å². The average molecular weight is 262 g/mol. The molecule has 16 heavy (non-hydrogen) atoms. The summed E-state index contributed by atoms with van der Waals surface area (Å²) in [5.41, 5.74) is 0. The van der Waals surface area contributed by atoms with Gasteiger partial charge in [-0.1, -0.05) is 5.92 Å². The molecule has 0 radical (unpaired) electrons. The molecule has 0 spiro atoms. The van der Waals surface area contributed by atoms with Gasteiger partial charge < -0.3 is 5.32 Å². The SMILES string of the molecule is C#CCNC(=O)Cn1cc(S(=O)(=O)Cl)cn1. The van der Waals surface area contributed by atoms with Gasteiger partial charge in [-0.05, 0) is 0 Å². The summed E-state index contributed by atoms with van der Waals surface area (Å²) >= 11 is 0. The highest BCUT2D eigenvalue weighted by Gasteiger charge is 2.13. The lowest BCUT2D eigenvalue weighted by atomic mass is 10.5. The molecule has 0 fully saturated rings. The number of carbonyl (C=O) groups is 1. The number of nitrogens with one attached hydrogen (secondary N) is 1. The molecule has 1 amide bonds. The second-order valence-corrected chi connectivity index (χ2v) is 5.36. The van der Waals surface area contributed by atoms with Gasteiger partial charge >= 0.3 is 0 Å². The van der Waals surface area contributed by atoms with E-state index in [4.69, 9.17) is 17.1 Å². The molecule has 1 aromatic rings. The van der Waals surface area contributed by atoms with Crippen molar-refractivity contribution in [1.82, 2.24) is 15.1 Å². The number of carbonyl (C=O) groups excluding carboxylic acids is 1. The van der Waals surface area contributed by atoms with Crippen molar-refractivity contribution in [2.45, 2.75) is 11.4 Å². The van der Waals surface area contributed by atoms with Crippen LogP contribution in [0.5, 0.6) is 0 Å². The van der Waals surface area contributed by atoms with Crippen molar-refractivity contribution in [1.29, 1.82) is 0 Å². The quantitative estimate of drug-likeness (QED) is 0.589. The van der Waals surface area contributed by atoms with Gasteiger partial charge in [-0.25, -0.2) is 8.42 Å².